The van der Waals surface area contributed by atoms with Crippen LogP contribution in [0.2, 0.25) is 0 Å². The van der Waals surface area contributed by atoms with Crippen LogP contribution in [0.5, 0.6) is 0 Å². The van der Waals surface area contributed by atoms with E-state index >= 15 is 0 Å². The Hall–Kier alpha value is -0.910. The summed E-state index contributed by atoms with van der Waals surface area (Å²) in [5.74, 6) is 0.609. The lowest BCUT2D eigenvalue weighted by Crippen LogP contribution is -2.34. The Morgan fingerprint density at radius 2 is 1.88 bits per heavy atom. The fraction of sp³-hybridized carbons (Fsp3) is 0.545. The molecule has 6 heteroatoms. The molecular weight excluding hydrogens is 249 g/mol. The highest BCUT2D eigenvalue weighted by Gasteiger charge is 2.31. The molecule has 1 aromatic heterocycles. The predicted octanol–water partition coefficient (Wildman–Crippen LogP) is 3.00. The van der Waals surface area contributed by atoms with Gasteiger partial charge in [0.25, 0.3) is 0 Å². The number of halogens is 3. The summed E-state index contributed by atoms with van der Waals surface area (Å²) >= 11 is 4.37. The van der Waals surface area contributed by atoms with Crippen LogP contribution in [-0.4, -0.2) is 23.3 Å². The van der Waals surface area contributed by atoms with Crippen LogP contribution >= 0.6 is 12.6 Å². The largest absolute Gasteiger partial charge is 0.417 e. The molecule has 94 valence electrons. The van der Waals surface area contributed by atoms with Crippen LogP contribution in [0.4, 0.5) is 19.0 Å². The van der Waals surface area contributed by atoms with Gasteiger partial charge in [-0.25, -0.2) is 4.98 Å². The minimum Gasteiger partial charge on any atom is -0.357 e. The molecule has 1 fully saturated rings. The van der Waals surface area contributed by atoms with Gasteiger partial charge < -0.3 is 4.90 Å². The van der Waals surface area contributed by atoms with Gasteiger partial charge in [0.1, 0.15) is 5.82 Å². The van der Waals surface area contributed by atoms with Crippen LogP contribution in [0.3, 0.4) is 0 Å². The van der Waals surface area contributed by atoms with Crippen molar-refractivity contribution < 1.29 is 13.2 Å². The van der Waals surface area contributed by atoms with Gasteiger partial charge in [-0.1, -0.05) is 0 Å². The SMILES string of the molecule is FC(F)(F)c1ccc(N2CCC(S)CC2)nc1. The molecule has 0 aromatic carbocycles. The lowest BCUT2D eigenvalue weighted by atomic mass is 10.1. The van der Waals surface area contributed by atoms with Crippen LogP contribution < -0.4 is 4.90 Å². The summed E-state index contributed by atoms with van der Waals surface area (Å²) in [5, 5.41) is 0.390. The second-order valence-electron chi connectivity index (χ2n) is 4.12. The third-order valence-electron chi connectivity index (χ3n) is 2.86. The number of hydrogen-bond donors (Lipinski definition) is 1. The van der Waals surface area contributed by atoms with E-state index in [2.05, 4.69) is 17.6 Å². The highest BCUT2D eigenvalue weighted by Crippen LogP contribution is 2.29. The molecule has 0 spiro atoms. The van der Waals surface area contributed by atoms with Gasteiger partial charge in [0.15, 0.2) is 0 Å². The number of anilines is 1. The van der Waals surface area contributed by atoms with Crippen molar-refractivity contribution >= 4 is 18.4 Å². The lowest BCUT2D eigenvalue weighted by molar-refractivity contribution is -0.137. The molecule has 0 N–H and O–H groups in total. The van der Waals surface area contributed by atoms with Crippen LogP contribution in [0.1, 0.15) is 18.4 Å². The Kier molecular flexibility index (Phi) is 3.51. The first kappa shape index (κ1) is 12.5. The van der Waals surface area contributed by atoms with Crippen molar-refractivity contribution in [1.29, 1.82) is 0 Å². The fourth-order valence-corrected chi connectivity index (χ4v) is 2.07. The van der Waals surface area contributed by atoms with E-state index in [0.29, 0.717) is 11.1 Å². The molecule has 0 bridgehead atoms. The quantitative estimate of drug-likeness (QED) is 0.783. The van der Waals surface area contributed by atoms with E-state index in [1.807, 2.05) is 4.90 Å². The fourth-order valence-electron chi connectivity index (χ4n) is 1.84. The lowest BCUT2D eigenvalue weighted by Gasteiger charge is -2.30. The predicted molar refractivity (Wildman–Crippen MR) is 63.5 cm³/mol. The number of aromatic nitrogens is 1. The molecule has 0 unspecified atom stereocenters. The monoisotopic (exact) mass is 262 g/mol. The van der Waals surface area contributed by atoms with Crippen LogP contribution in [0.15, 0.2) is 18.3 Å². The van der Waals surface area contributed by atoms with Crippen molar-refractivity contribution in [2.24, 2.45) is 0 Å². The summed E-state index contributed by atoms with van der Waals surface area (Å²) in [5.41, 5.74) is -0.703. The summed E-state index contributed by atoms with van der Waals surface area (Å²) in [7, 11) is 0. The summed E-state index contributed by atoms with van der Waals surface area (Å²) in [6.45, 7) is 1.60. The first-order valence-electron chi connectivity index (χ1n) is 5.43. The third kappa shape index (κ3) is 3.06. The summed E-state index contributed by atoms with van der Waals surface area (Å²) in [4.78, 5) is 5.87. The molecular formula is C11H13F3N2S. The maximum atomic E-state index is 12.3. The first-order chi connectivity index (χ1) is 7.97. The van der Waals surface area contributed by atoms with E-state index in [0.717, 1.165) is 38.2 Å². The van der Waals surface area contributed by atoms with E-state index in [9.17, 15) is 13.2 Å². The van der Waals surface area contributed by atoms with Gasteiger partial charge in [0.05, 0.1) is 5.56 Å². The van der Waals surface area contributed by atoms with E-state index in [1.54, 1.807) is 0 Å². The maximum absolute atomic E-state index is 12.3. The van der Waals surface area contributed by atoms with E-state index < -0.39 is 11.7 Å². The average Bonchev–Trinajstić information content (AvgIpc) is 2.29. The zero-order valence-electron chi connectivity index (χ0n) is 9.11. The minimum atomic E-state index is -4.32. The van der Waals surface area contributed by atoms with Gasteiger partial charge in [0, 0.05) is 24.5 Å². The summed E-state index contributed by atoms with van der Waals surface area (Å²) in [6, 6.07) is 2.51. The molecule has 1 aliphatic rings. The van der Waals surface area contributed by atoms with Crippen molar-refractivity contribution in [3.8, 4) is 0 Å². The molecule has 2 heterocycles. The molecule has 0 radical (unpaired) electrons. The number of piperidine rings is 1. The molecule has 0 atom stereocenters. The van der Waals surface area contributed by atoms with Gasteiger partial charge in [0.2, 0.25) is 0 Å². The zero-order chi connectivity index (χ0) is 12.5. The van der Waals surface area contributed by atoms with Crippen molar-refractivity contribution in [2.75, 3.05) is 18.0 Å². The van der Waals surface area contributed by atoms with Gasteiger partial charge in [-0.05, 0) is 25.0 Å². The number of hydrogen-bond acceptors (Lipinski definition) is 3. The molecule has 1 aromatic rings. The maximum Gasteiger partial charge on any atom is 0.417 e. The van der Waals surface area contributed by atoms with Gasteiger partial charge >= 0.3 is 6.18 Å². The number of pyridine rings is 1. The highest BCUT2D eigenvalue weighted by molar-refractivity contribution is 7.80. The summed E-state index contributed by atoms with van der Waals surface area (Å²) in [6.07, 6.45) is -1.55. The Labute approximate surface area is 103 Å². The minimum absolute atomic E-state index is 0.390. The van der Waals surface area contributed by atoms with E-state index in [4.69, 9.17) is 0 Å². The second kappa shape index (κ2) is 4.76. The molecule has 17 heavy (non-hydrogen) atoms. The second-order valence-corrected chi connectivity index (χ2v) is 4.85. The normalized spacial score (nSPS) is 18.5. The van der Waals surface area contributed by atoms with Gasteiger partial charge in [-0.15, -0.1) is 0 Å². The average molecular weight is 262 g/mol. The first-order valence-corrected chi connectivity index (χ1v) is 5.95. The molecule has 2 rings (SSSR count). The Balaban J connectivity index is 2.08. The number of alkyl halides is 3. The van der Waals surface area contributed by atoms with Gasteiger partial charge in [-0.2, -0.15) is 25.8 Å². The number of thiol groups is 1. The Morgan fingerprint density at radius 3 is 2.35 bits per heavy atom. The van der Waals surface area contributed by atoms with Crippen LogP contribution in [0.25, 0.3) is 0 Å². The molecule has 0 aliphatic carbocycles. The van der Waals surface area contributed by atoms with Crippen molar-refractivity contribution in [2.45, 2.75) is 24.3 Å². The van der Waals surface area contributed by atoms with Crippen molar-refractivity contribution in [3.63, 3.8) is 0 Å². The smallest absolute Gasteiger partial charge is 0.357 e. The third-order valence-corrected chi connectivity index (χ3v) is 3.38. The number of nitrogens with zero attached hydrogens (tertiary/aromatic N) is 2. The standard InChI is InChI=1S/C11H13F3N2S/c12-11(13,14)8-1-2-10(15-7-8)16-5-3-9(17)4-6-16/h1-2,7,9,17H,3-6H2. The molecule has 2 nitrogen and oxygen atoms in total. The Morgan fingerprint density at radius 1 is 1.24 bits per heavy atom. The molecule has 1 saturated heterocycles. The topological polar surface area (TPSA) is 16.1 Å². The van der Waals surface area contributed by atoms with Crippen LogP contribution in [-0.2, 0) is 6.18 Å². The van der Waals surface area contributed by atoms with E-state index in [1.165, 1.54) is 6.07 Å². The zero-order valence-corrected chi connectivity index (χ0v) is 10.0. The Bertz CT molecular complexity index is 369. The molecule has 0 amide bonds. The van der Waals surface area contributed by atoms with Crippen molar-refractivity contribution in [3.05, 3.63) is 23.9 Å². The number of rotatable bonds is 1. The van der Waals surface area contributed by atoms with E-state index in [-0.39, 0.29) is 0 Å². The molecule has 0 saturated carbocycles. The van der Waals surface area contributed by atoms with Gasteiger partial charge in [-0.3, -0.25) is 0 Å². The molecule has 1 aliphatic heterocycles. The summed E-state index contributed by atoms with van der Waals surface area (Å²) < 4.78 is 37.0. The van der Waals surface area contributed by atoms with Crippen molar-refractivity contribution in [1.82, 2.24) is 4.98 Å². The highest BCUT2D eigenvalue weighted by atomic mass is 32.1. The van der Waals surface area contributed by atoms with Crippen LogP contribution in [0, 0.1) is 0 Å².